The number of fused-ring (bicyclic) bond motifs is 1. The van der Waals surface area contributed by atoms with Gasteiger partial charge in [-0.3, -0.25) is 4.90 Å². The summed E-state index contributed by atoms with van der Waals surface area (Å²) >= 11 is 0. The van der Waals surface area contributed by atoms with Gasteiger partial charge < -0.3 is 5.32 Å². The van der Waals surface area contributed by atoms with Gasteiger partial charge in [0.25, 0.3) is 0 Å². The summed E-state index contributed by atoms with van der Waals surface area (Å²) in [4.78, 5) is 2.66. The summed E-state index contributed by atoms with van der Waals surface area (Å²) in [5.74, 6) is 0. The Kier molecular flexibility index (Phi) is 4.74. The Morgan fingerprint density at radius 3 is 2.70 bits per heavy atom. The smallest absolute Gasteiger partial charge is 0.0192 e. The maximum Gasteiger partial charge on any atom is 0.0192 e. The molecule has 2 unspecified atom stereocenters. The summed E-state index contributed by atoms with van der Waals surface area (Å²) in [7, 11) is 0. The first-order valence-corrected chi connectivity index (χ1v) is 8.37. The summed E-state index contributed by atoms with van der Waals surface area (Å²) in [6.45, 7) is 6.13. The molecule has 1 aliphatic carbocycles. The number of piperidine rings is 1. The van der Waals surface area contributed by atoms with Crippen molar-refractivity contribution in [1.82, 2.24) is 10.2 Å². The lowest BCUT2D eigenvalue weighted by Gasteiger charge is -2.34. The van der Waals surface area contributed by atoms with Crippen LogP contribution >= 0.6 is 0 Å². The normalized spacial score (nSPS) is 25.1. The highest BCUT2D eigenvalue weighted by Crippen LogP contribution is 2.21. The fourth-order valence-corrected chi connectivity index (χ4v) is 3.70. The van der Waals surface area contributed by atoms with Crippen LogP contribution in [0.5, 0.6) is 0 Å². The summed E-state index contributed by atoms with van der Waals surface area (Å²) in [5.41, 5.74) is 3.12. The largest absolute Gasteiger partial charge is 0.312 e. The molecule has 1 fully saturated rings. The highest BCUT2D eigenvalue weighted by Gasteiger charge is 2.20. The van der Waals surface area contributed by atoms with Crippen molar-refractivity contribution in [2.75, 3.05) is 19.6 Å². The standard InChI is InChI=1S/C18H28N2/c1-15(20-11-5-2-6-12-20)14-19-18-10-9-16-7-3-4-8-17(16)13-18/h3-4,7-8,15,18-19H,2,5-6,9-14H2,1H3. The van der Waals surface area contributed by atoms with Crippen LogP contribution in [-0.2, 0) is 12.8 Å². The number of likely N-dealkylation sites (tertiary alicyclic amines) is 1. The lowest BCUT2D eigenvalue weighted by atomic mass is 9.88. The number of nitrogens with zero attached hydrogens (tertiary/aromatic N) is 1. The van der Waals surface area contributed by atoms with Crippen molar-refractivity contribution >= 4 is 0 Å². The van der Waals surface area contributed by atoms with Crippen LogP contribution in [0.3, 0.4) is 0 Å². The minimum atomic E-state index is 0.678. The number of benzene rings is 1. The Morgan fingerprint density at radius 1 is 1.15 bits per heavy atom. The predicted molar refractivity (Wildman–Crippen MR) is 85.1 cm³/mol. The van der Waals surface area contributed by atoms with Gasteiger partial charge in [-0.25, -0.2) is 0 Å². The van der Waals surface area contributed by atoms with Crippen LogP contribution in [0, 0.1) is 0 Å². The van der Waals surface area contributed by atoms with Crippen LogP contribution in [0.1, 0.15) is 43.7 Å². The van der Waals surface area contributed by atoms with Gasteiger partial charge >= 0.3 is 0 Å². The Balaban J connectivity index is 1.47. The number of hydrogen-bond donors (Lipinski definition) is 1. The Morgan fingerprint density at radius 2 is 1.90 bits per heavy atom. The molecular formula is C18H28N2. The van der Waals surface area contributed by atoms with Gasteiger partial charge in [0.05, 0.1) is 0 Å². The Labute approximate surface area is 123 Å². The van der Waals surface area contributed by atoms with E-state index in [0.717, 1.165) is 6.54 Å². The third-order valence-corrected chi connectivity index (χ3v) is 5.06. The molecule has 1 aromatic carbocycles. The van der Waals surface area contributed by atoms with E-state index in [1.165, 1.54) is 51.6 Å². The molecule has 3 rings (SSSR count). The maximum absolute atomic E-state index is 3.82. The van der Waals surface area contributed by atoms with Crippen LogP contribution in [0.2, 0.25) is 0 Å². The van der Waals surface area contributed by atoms with E-state index in [2.05, 4.69) is 41.4 Å². The first-order chi connectivity index (χ1) is 9.83. The van der Waals surface area contributed by atoms with Crippen molar-refractivity contribution in [3.05, 3.63) is 35.4 Å². The van der Waals surface area contributed by atoms with Crippen molar-refractivity contribution in [3.8, 4) is 0 Å². The zero-order valence-electron chi connectivity index (χ0n) is 12.8. The predicted octanol–water partition coefficient (Wildman–Crippen LogP) is 3.01. The average molecular weight is 272 g/mol. The molecule has 2 aliphatic rings. The molecule has 0 amide bonds. The van der Waals surface area contributed by atoms with Gasteiger partial charge in [0.15, 0.2) is 0 Å². The molecule has 0 bridgehead atoms. The fourth-order valence-electron chi connectivity index (χ4n) is 3.70. The van der Waals surface area contributed by atoms with Crippen LogP contribution < -0.4 is 5.32 Å². The maximum atomic E-state index is 3.82. The lowest BCUT2D eigenvalue weighted by molar-refractivity contribution is 0.167. The molecule has 1 heterocycles. The SMILES string of the molecule is CC(CNC1CCc2ccccc2C1)N1CCCCC1. The molecule has 1 N–H and O–H groups in total. The molecule has 2 atom stereocenters. The summed E-state index contributed by atoms with van der Waals surface area (Å²) in [6.07, 6.45) is 7.96. The van der Waals surface area contributed by atoms with Gasteiger partial charge in [0.2, 0.25) is 0 Å². The Hall–Kier alpha value is -0.860. The topological polar surface area (TPSA) is 15.3 Å². The average Bonchev–Trinajstić information content (AvgIpc) is 2.53. The second-order valence-electron chi connectivity index (χ2n) is 6.56. The van der Waals surface area contributed by atoms with E-state index in [1.54, 1.807) is 11.1 Å². The van der Waals surface area contributed by atoms with Crippen molar-refractivity contribution in [1.29, 1.82) is 0 Å². The molecule has 0 saturated carbocycles. The number of rotatable bonds is 4. The zero-order chi connectivity index (χ0) is 13.8. The first kappa shape index (κ1) is 14.1. The molecule has 0 radical (unpaired) electrons. The number of aryl methyl sites for hydroxylation is 1. The van der Waals surface area contributed by atoms with E-state index in [-0.39, 0.29) is 0 Å². The fraction of sp³-hybridized carbons (Fsp3) is 0.667. The van der Waals surface area contributed by atoms with Gasteiger partial charge in [-0.1, -0.05) is 30.7 Å². The molecule has 1 aromatic rings. The highest BCUT2D eigenvalue weighted by atomic mass is 15.2. The molecule has 1 aliphatic heterocycles. The molecule has 1 saturated heterocycles. The van der Waals surface area contributed by atoms with Gasteiger partial charge in [-0.15, -0.1) is 0 Å². The number of hydrogen-bond acceptors (Lipinski definition) is 2. The van der Waals surface area contributed by atoms with E-state index in [4.69, 9.17) is 0 Å². The number of nitrogens with one attached hydrogen (secondary N) is 1. The minimum Gasteiger partial charge on any atom is -0.312 e. The van der Waals surface area contributed by atoms with Crippen LogP contribution in [0.4, 0.5) is 0 Å². The molecule has 2 nitrogen and oxygen atoms in total. The van der Waals surface area contributed by atoms with Crippen molar-refractivity contribution < 1.29 is 0 Å². The van der Waals surface area contributed by atoms with E-state index in [0.29, 0.717) is 12.1 Å². The Bertz CT molecular complexity index is 423. The van der Waals surface area contributed by atoms with Gasteiger partial charge in [-0.05, 0) is 63.2 Å². The monoisotopic (exact) mass is 272 g/mol. The highest BCUT2D eigenvalue weighted by molar-refractivity contribution is 5.30. The molecule has 110 valence electrons. The van der Waals surface area contributed by atoms with Gasteiger partial charge in [0, 0.05) is 18.6 Å². The van der Waals surface area contributed by atoms with Crippen molar-refractivity contribution in [2.24, 2.45) is 0 Å². The van der Waals surface area contributed by atoms with E-state index >= 15 is 0 Å². The van der Waals surface area contributed by atoms with Crippen LogP contribution in [-0.4, -0.2) is 36.6 Å². The summed E-state index contributed by atoms with van der Waals surface area (Å²) in [5, 5.41) is 3.82. The quantitative estimate of drug-likeness (QED) is 0.906. The van der Waals surface area contributed by atoms with Crippen LogP contribution in [0.25, 0.3) is 0 Å². The van der Waals surface area contributed by atoms with Crippen molar-refractivity contribution in [2.45, 2.75) is 57.5 Å². The molecule has 0 spiro atoms. The summed E-state index contributed by atoms with van der Waals surface area (Å²) < 4.78 is 0. The van der Waals surface area contributed by atoms with E-state index in [1.807, 2.05) is 0 Å². The molecular weight excluding hydrogens is 244 g/mol. The van der Waals surface area contributed by atoms with E-state index < -0.39 is 0 Å². The first-order valence-electron chi connectivity index (χ1n) is 8.37. The van der Waals surface area contributed by atoms with Crippen molar-refractivity contribution in [3.63, 3.8) is 0 Å². The summed E-state index contributed by atoms with van der Waals surface area (Å²) in [6, 6.07) is 10.3. The van der Waals surface area contributed by atoms with E-state index in [9.17, 15) is 0 Å². The molecule has 0 aromatic heterocycles. The van der Waals surface area contributed by atoms with Gasteiger partial charge in [0.1, 0.15) is 0 Å². The third kappa shape index (κ3) is 3.42. The molecule has 20 heavy (non-hydrogen) atoms. The second-order valence-corrected chi connectivity index (χ2v) is 6.56. The third-order valence-electron chi connectivity index (χ3n) is 5.06. The lowest BCUT2D eigenvalue weighted by Crippen LogP contribution is -2.46. The zero-order valence-corrected chi connectivity index (χ0v) is 12.8. The molecule has 2 heteroatoms. The second kappa shape index (κ2) is 6.73. The van der Waals surface area contributed by atoms with Gasteiger partial charge in [-0.2, -0.15) is 0 Å². The van der Waals surface area contributed by atoms with Crippen LogP contribution in [0.15, 0.2) is 24.3 Å². The minimum absolute atomic E-state index is 0.678.